The van der Waals surface area contributed by atoms with E-state index in [2.05, 4.69) is 6.92 Å². The molecule has 96 valence electrons. The van der Waals surface area contributed by atoms with Crippen molar-refractivity contribution < 1.29 is 9.84 Å². The van der Waals surface area contributed by atoms with Crippen LogP contribution < -0.4 is 4.74 Å². The summed E-state index contributed by atoms with van der Waals surface area (Å²) in [6.07, 6.45) is 0.867. The normalized spacial score (nSPS) is 11.7. The maximum Gasteiger partial charge on any atom is 0.126 e. The molecule has 1 aromatic carbocycles. The van der Waals surface area contributed by atoms with Crippen molar-refractivity contribution in [2.45, 2.75) is 60.5 Å². The van der Waals surface area contributed by atoms with Gasteiger partial charge in [0, 0.05) is 5.56 Å². The van der Waals surface area contributed by atoms with Crippen molar-refractivity contribution in [3.63, 3.8) is 0 Å². The first-order valence-corrected chi connectivity index (χ1v) is 6.19. The molecule has 0 heterocycles. The molecule has 0 radical (unpaired) electrons. The molecular formula is C15H24O2. The van der Waals surface area contributed by atoms with Gasteiger partial charge in [0.1, 0.15) is 17.1 Å². The summed E-state index contributed by atoms with van der Waals surface area (Å²) in [5.41, 5.74) is 3.79. The third kappa shape index (κ3) is 2.74. The zero-order valence-electron chi connectivity index (χ0n) is 12.1. The van der Waals surface area contributed by atoms with Crippen LogP contribution in [0.3, 0.4) is 0 Å². The van der Waals surface area contributed by atoms with Crippen molar-refractivity contribution >= 4 is 0 Å². The van der Waals surface area contributed by atoms with Crippen molar-refractivity contribution in [2.75, 3.05) is 0 Å². The van der Waals surface area contributed by atoms with Crippen molar-refractivity contribution in [1.82, 2.24) is 0 Å². The van der Waals surface area contributed by atoms with Crippen LogP contribution in [0, 0.1) is 20.8 Å². The Balaban J connectivity index is 3.47. The topological polar surface area (TPSA) is 29.5 Å². The minimum Gasteiger partial charge on any atom is -0.507 e. The molecule has 0 fully saturated rings. The predicted octanol–water partition coefficient (Wildman–Crippen LogP) is 4.06. The Morgan fingerprint density at radius 1 is 1.00 bits per heavy atom. The standard InChI is InChI=1S/C15H24O2/c1-8-12-11(4)13(16)9(2)10(3)14(12)17-15(5,6)7/h16H,8H2,1-7H3. The van der Waals surface area contributed by atoms with Crippen molar-refractivity contribution in [2.24, 2.45) is 0 Å². The van der Waals surface area contributed by atoms with Crippen molar-refractivity contribution in [1.29, 1.82) is 0 Å². The van der Waals surface area contributed by atoms with Crippen LogP contribution in [0.5, 0.6) is 11.5 Å². The number of benzene rings is 1. The van der Waals surface area contributed by atoms with Gasteiger partial charge in [0.25, 0.3) is 0 Å². The second-order valence-electron chi connectivity index (χ2n) is 5.60. The van der Waals surface area contributed by atoms with Crippen LogP contribution >= 0.6 is 0 Å². The van der Waals surface area contributed by atoms with Crippen LogP contribution in [0.1, 0.15) is 49.9 Å². The molecule has 1 aromatic rings. The molecule has 17 heavy (non-hydrogen) atoms. The molecule has 1 N–H and O–H groups in total. The third-order valence-corrected chi connectivity index (χ3v) is 3.10. The Bertz CT molecular complexity index is 426. The molecule has 2 nitrogen and oxygen atoms in total. The van der Waals surface area contributed by atoms with Gasteiger partial charge in [0.05, 0.1) is 0 Å². The van der Waals surface area contributed by atoms with Gasteiger partial charge in [-0.1, -0.05) is 6.92 Å². The Morgan fingerprint density at radius 3 is 1.94 bits per heavy atom. The Morgan fingerprint density at radius 2 is 1.53 bits per heavy atom. The van der Waals surface area contributed by atoms with Crippen LogP contribution in [-0.2, 0) is 6.42 Å². The van der Waals surface area contributed by atoms with Crippen LogP contribution in [0.2, 0.25) is 0 Å². The lowest BCUT2D eigenvalue weighted by Crippen LogP contribution is -2.24. The SMILES string of the molecule is CCc1c(C)c(O)c(C)c(C)c1OC(C)(C)C. The first-order chi connectivity index (χ1) is 7.69. The highest BCUT2D eigenvalue weighted by Crippen LogP contribution is 2.38. The van der Waals surface area contributed by atoms with Gasteiger partial charge in [-0.05, 0) is 64.7 Å². The van der Waals surface area contributed by atoms with Crippen molar-refractivity contribution in [3.05, 3.63) is 22.3 Å². The van der Waals surface area contributed by atoms with Gasteiger partial charge in [-0.2, -0.15) is 0 Å². The average molecular weight is 236 g/mol. The van der Waals surface area contributed by atoms with E-state index < -0.39 is 0 Å². The molecule has 1 rings (SSSR count). The molecule has 0 aliphatic rings. The second-order valence-corrected chi connectivity index (χ2v) is 5.60. The lowest BCUT2D eigenvalue weighted by molar-refractivity contribution is 0.128. The van der Waals surface area contributed by atoms with Crippen LogP contribution in [0.15, 0.2) is 0 Å². The zero-order valence-corrected chi connectivity index (χ0v) is 12.1. The summed E-state index contributed by atoms with van der Waals surface area (Å²) in [4.78, 5) is 0. The van der Waals surface area contributed by atoms with E-state index >= 15 is 0 Å². The molecule has 0 aliphatic carbocycles. The lowest BCUT2D eigenvalue weighted by atomic mass is 9.95. The monoisotopic (exact) mass is 236 g/mol. The number of hydrogen-bond donors (Lipinski definition) is 1. The van der Waals surface area contributed by atoms with E-state index in [1.807, 2.05) is 41.5 Å². The lowest BCUT2D eigenvalue weighted by Gasteiger charge is -2.27. The number of ether oxygens (including phenoxy) is 1. The third-order valence-electron chi connectivity index (χ3n) is 3.10. The minimum absolute atomic E-state index is 0.218. The molecule has 0 unspecified atom stereocenters. The minimum atomic E-state index is -0.218. The maximum absolute atomic E-state index is 10.1. The average Bonchev–Trinajstić information content (AvgIpc) is 2.22. The van der Waals surface area contributed by atoms with Crippen LogP contribution in [0.4, 0.5) is 0 Å². The van der Waals surface area contributed by atoms with E-state index in [0.717, 1.165) is 34.4 Å². The highest BCUT2D eigenvalue weighted by atomic mass is 16.5. The highest BCUT2D eigenvalue weighted by Gasteiger charge is 2.21. The van der Waals surface area contributed by atoms with E-state index in [-0.39, 0.29) is 5.60 Å². The first kappa shape index (κ1) is 13.9. The van der Waals surface area contributed by atoms with E-state index in [1.54, 1.807) is 0 Å². The summed E-state index contributed by atoms with van der Waals surface area (Å²) in [6, 6.07) is 0. The summed E-state index contributed by atoms with van der Waals surface area (Å²) in [5, 5.41) is 10.1. The molecule has 0 atom stereocenters. The number of phenols is 1. The number of rotatable bonds is 2. The Kier molecular flexibility index (Phi) is 3.75. The highest BCUT2D eigenvalue weighted by molar-refractivity contribution is 5.57. The molecule has 2 heteroatoms. The summed E-state index contributed by atoms with van der Waals surface area (Å²) >= 11 is 0. The van der Waals surface area contributed by atoms with Gasteiger partial charge in [-0.15, -0.1) is 0 Å². The summed E-state index contributed by atoms with van der Waals surface area (Å²) in [5.74, 6) is 1.34. The van der Waals surface area contributed by atoms with Gasteiger partial charge >= 0.3 is 0 Å². The molecular weight excluding hydrogens is 212 g/mol. The molecule has 0 aromatic heterocycles. The van der Waals surface area contributed by atoms with E-state index in [1.165, 1.54) is 0 Å². The molecule has 0 spiro atoms. The number of phenolic OH excluding ortho intramolecular Hbond substituents is 1. The van der Waals surface area contributed by atoms with E-state index in [9.17, 15) is 5.11 Å². The Hall–Kier alpha value is -1.18. The smallest absolute Gasteiger partial charge is 0.126 e. The quantitative estimate of drug-likeness (QED) is 0.839. The first-order valence-electron chi connectivity index (χ1n) is 6.19. The molecule has 0 bridgehead atoms. The van der Waals surface area contributed by atoms with Gasteiger partial charge < -0.3 is 9.84 Å². The van der Waals surface area contributed by atoms with E-state index in [4.69, 9.17) is 4.74 Å². The molecule has 0 saturated heterocycles. The predicted molar refractivity (Wildman–Crippen MR) is 72.1 cm³/mol. The molecule has 0 saturated carbocycles. The largest absolute Gasteiger partial charge is 0.507 e. The van der Waals surface area contributed by atoms with Gasteiger partial charge in [-0.3, -0.25) is 0 Å². The number of aromatic hydroxyl groups is 1. The Labute approximate surface area is 105 Å². The van der Waals surface area contributed by atoms with Crippen LogP contribution in [-0.4, -0.2) is 10.7 Å². The van der Waals surface area contributed by atoms with Gasteiger partial charge in [0.2, 0.25) is 0 Å². The fraction of sp³-hybridized carbons (Fsp3) is 0.600. The van der Waals surface area contributed by atoms with Crippen molar-refractivity contribution in [3.8, 4) is 11.5 Å². The zero-order chi connectivity index (χ0) is 13.4. The van der Waals surface area contributed by atoms with Gasteiger partial charge in [-0.25, -0.2) is 0 Å². The summed E-state index contributed by atoms with van der Waals surface area (Å²) < 4.78 is 6.06. The van der Waals surface area contributed by atoms with Gasteiger partial charge in [0.15, 0.2) is 0 Å². The summed E-state index contributed by atoms with van der Waals surface area (Å²) in [6.45, 7) is 14.1. The molecule has 0 amide bonds. The molecule has 0 aliphatic heterocycles. The van der Waals surface area contributed by atoms with Crippen LogP contribution in [0.25, 0.3) is 0 Å². The van der Waals surface area contributed by atoms with E-state index in [0.29, 0.717) is 5.75 Å². The number of hydrogen-bond acceptors (Lipinski definition) is 2. The second kappa shape index (κ2) is 4.59. The maximum atomic E-state index is 10.1. The summed E-state index contributed by atoms with van der Waals surface area (Å²) in [7, 11) is 0. The fourth-order valence-corrected chi connectivity index (χ4v) is 2.04. The fourth-order valence-electron chi connectivity index (χ4n) is 2.04.